The van der Waals surface area contributed by atoms with E-state index in [4.69, 9.17) is 0 Å². The predicted molar refractivity (Wildman–Crippen MR) is 107 cm³/mol. The van der Waals surface area contributed by atoms with Gasteiger partial charge in [-0.3, -0.25) is 4.99 Å². The average molecular weight is 429 g/mol. The van der Waals surface area contributed by atoms with Crippen molar-refractivity contribution in [1.82, 2.24) is 15.6 Å². The van der Waals surface area contributed by atoms with Gasteiger partial charge in [0.2, 0.25) is 0 Å². The van der Waals surface area contributed by atoms with Gasteiger partial charge in [-0.15, -0.1) is 24.0 Å². The molecule has 1 aliphatic carbocycles. The number of nitrogens with one attached hydrogen (secondary N) is 2. The van der Waals surface area contributed by atoms with E-state index in [2.05, 4.69) is 44.6 Å². The van der Waals surface area contributed by atoms with E-state index in [1.165, 1.54) is 31.2 Å². The fourth-order valence-corrected chi connectivity index (χ4v) is 2.95. The van der Waals surface area contributed by atoms with Crippen LogP contribution in [0.25, 0.3) is 0 Å². The number of hydrogen-bond acceptors (Lipinski definition) is 3. The van der Waals surface area contributed by atoms with Crippen LogP contribution in [0.5, 0.6) is 0 Å². The van der Waals surface area contributed by atoms with Crippen molar-refractivity contribution in [2.75, 3.05) is 25.0 Å². The maximum atomic E-state index is 4.53. The lowest BCUT2D eigenvalue weighted by molar-refractivity contribution is 0.573. The zero-order chi connectivity index (χ0) is 15.4. The Morgan fingerprint density at radius 3 is 2.74 bits per heavy atom. The Kier molecular flexibility index (Phi) is 6.92. The van der Waals surface area contributed by atoms with E-state index in [0.29, 0.717) is 6.04 Å². The van der Waals surface area contributed by atoms with Crippen LogP contribution in [0.2, 0.25) is 0 Å². The zero-order valence-electron chi connectivity index (χ0n) is 14.1. The number of halogens is 1. The highest BCUT2D eigenvalue weighted by Gasteiger charge is 2.33. The summed E-state index contributed by atoms with van der Waals surface area (Å²) in [4.78, 5) is 11.2. The van der Waals surface area contributed by atoms with Gasteiger partial charge in [0.15, 0.2) is 5.96 Å². The molecule has 0 bridgehead atoms. The van der Waals surface area contributed by atoms with Gasteiger partial charge < -0.3 is 15.5 Å². The second-order valence-electron chi connectivity index (χ2n) is 6.46. The van der Waals surface area contributed by atoms with E-state index in [9.17, 15) is 0 Å². The first-order chi connectivity index (χ1) is 10.8. The number of anilines is 1. The van der Waals surface area contributed by atoms with E-state index < -0.39 is 0 Å². The van der Waals surface area contributed by atoms with Crippen molar-refractivity contribution < 1.29 is 0 Å². The highest BCUT2D eigenvalue weighted by atomic mass is 127. The second-order valence-corrected chi connectivity index (χ2v) is 6.46. The van der Waals surface area contributed by atoms with E-state index in [1.54, 1.807) is 0 Å². The Hall–Kier alpha value is -1.05. The molecule has 2 fully saturated rings. The minimum Gasteiger partial charge on any atom is -0.357 e. The molecule has 1 aromatic heterocycles. The maximum Gasteiger partial charge on any atom is 0.191 e. The van der Waals surface area contributed by atoms with E-state index in [0.717, 1.165) is 37.3 Å². The first-order valence-corrected chi connectivity index (χ1v) is 8.43. The van der Waals surface area contributed by atoms with Gasteiger partial charge in [0.25, 0.3) is 0 Å². The normalized spacial score (nSPS) is 23.9. The summed E-state index contributed by atoms with van der Waals surface area (Å²) in [6.45, 7) is 5.31. The molecule has 1 aromatic rings. The molecule has 0 radical (unpaired) electrons. The SMILES string of the molecule is CN=C(NCc1ccnc(N2CCCCC2)c1)NC1CC1C.I. The third kappa shape index (κ3) is 5.22. The molecule has 0 amide bonds. The van der Waals surface area contributed by atoms with E-state index in [1.807, 2.05) is 13.2 Å². The Labute approximate surface area is 156 Å². The molecule has 2 atom stereocenters. The van der Waals surface area contributed by atoms with Gasteiger partial charge in [-0.25, -0.2) is 4.98 Å². The minimum atomic E-state index is 0. The van der Waals surface area contributed by atoms with Crippen molar-refractivity contribution in [3.8, 4) is 0 Å². The number of pyridine rings is 1. The van der Waals surface area contributed by atoms with Crippen LogP contribution in [-0.2, 0) is 6.54 Å². The summed E-state index contributed by atoms with van der Waals surface area (Å²) in [7, 11) is 1.83. The van der Waals surface area contributed by atoms with Gasteiger partial charge in [0.1, 0.15) is 5.82 Å². The summed E-state index contributed by atoms with van der Waals surface area (Å²) in [5, 5.41) is 6.85. The van der Waals surface area contributed by atoms with Gasteiger partial charge in [-0.2, -0.15) is 0 Å². The van der Waals surface area contributed by atoms with Crippen molar-refractivity contribution in [2.24, 2.45) is 10.9 Å². The van der Waals surface area contributed by atoms with Crippen molar-refractivity contribution in [3.63, 3.8) is 0 Å². The average Bonchev–Trinajstić information content (AvgIpc) is 3.27. The molecule has 2 aliphatic rings. The maximum absolute atomic E-state index is 4.53. The molecule has 1 saturated heterocycles. The highest BCUT2D eigenvalue weighted by molar-refractivity contribution is 14.0. The summed E-state index contributed by atoms with van der Waals surface area (Å²) in [5.74, 6) is 2.77. The van der Waals surface area contributed by atoms with Crippen molar-refractivity contribution in [1.29, 1.82) is 0 Å². The lowest BCUT2D eigenvalue weighted by atomic mass is 10.1. The Morgan fingerprint density at radius 2 is 2.09 bits per heavy atom. The summed E-state index contributed by atoms with van der Waals surface area (Å²) in [6, 6.07) is 4.87. The van der Waals surface area contributed by atoms with Gasteiger partial charge in [-0.1, -0.05) is 6.92 Å². The zero-order valence-corrected chi connectivity index (χ0v) is 16.4. The second kappa shape index (κ2) is 8.70. The smallest absolute Gasteiger partial charge is 0.191 e. The van der Waals surface area contributed by atoms with Crippen LogP contribution in [0, 0.1) is 5.92 Å². The summed E-state index contributed by atoms with van der Waals surface area (Å²) in [5.41, 5.74) is 1.25. The molecule has 23 heavy (non-hydrogen) atoms. The number of nitrogens with zero attached hydrogens (tertiary/aromatic N) is 3. The molecule has 1 aliphatic heterocycles. The number of rotatable bonds is 4. The number of hydrogen-bond donors (Lipinski definition) is 2. The van der Waals surface area contributed by atoms with Gasteiger partial charge in [0, 0.05) is 38.9 Å². The first kappa shape index (κ1) is 18.3. The number of aliphatic imine (C=N–C) groups is 1. The van der Waals surface area contributed by atoms with Gasteiger partial charge >= 0.3 is 0 Å². The van der Waals surface area contributed by atoms with Crippen molar-refractivity contribution >= 4 is 35.8 Å². The topological polar surface area (TPSA) is 52.6 Å². The fraction of sp³-hybridized carbons (Fsp3) is 0.647. The molecular formula is C17H28IN5. The van der Waals surface area contributed by atoms with Crippen LogP contribution in [0.3, 0.4) is 0 Å². The standard InChI is InChI=1S/C17H27N5.HI/c1-13-10-15(13)21-17(18-2)20-12-14-6-7-19-16(11-14)22-8-4-3-5-9-22;/h6-7,11,13,15H,3-5,8-10,12H2,1-2H3,(H2,18,20,21);1H. The Morgan fingerprint density at radius 1 is 1.35 bits per heavy atom. The summed E-state index contributed by atoms with van der Waals surface area (Å²) >= 11 is 0. The summed E-state index contributed by atoms with van der Waals surface area (Å²) < 4.78 is 0. The van der Waals surface area contributed by atoms with Crippen LogP contribution in [0.1, 0.15) is 38.2 Å². The quantitative estimate of drug-likeness (QED) is 0.439. The Balaban J connectivity index is 0.00000192. The molecule has 2 unspecified atom stereocenters. The molecule has 6 heteroatoms. The molecule has 2 heterocycles. The van der Waals surface area contributed by atoms with Crippen molar-refractivity contribution in [2.45, 2.75) is 45.2 Å². The van der Waals surface area contributed by atoms with Crippen molar-refractivity contribution in [3.05, 3.63) is 23.9 Å². The first-order valence-electron chi connectivity index (χ1n) is 8.43. The predicted octanol–water partition coefficient (Wildman–Crippen LogP) is 2.76. The van der Waals surface area contributed by atoms with Gasteiger partial charge in [0.05, 0.1) is 0 Å². The molecule has 2 N–H and O–H groups in total. The van der Waals surface area contributed by atoms with Crippen LogP contribution in [-0.4, -0.2) is 37.1 Å². The largest absolute Gasteiger partial charge is 0.357 e. The highest BCUT2D eigenvalue weighted by Crippen LogP contribution is 2.28. The molecule has 5 nitrogen and oxygen atoms in total. The third-order valence-electron chi connectivity index (χ3n) is 4.61. The third-order valence-corrected chi connectivity index (χ3v) is 4.61. The Bertz CT molecular complexity index is 527. The molecule has 0 aromatic carbocycles. The van der Waals surface area contributed by atoms with Crippen LogP contribution < -0.4 is 15.5 Å². The molecule has 1 saturated carbocycles. The molecule has 128 valence electrons. The monoisotopic (exact) mass is 429 g/mol. The lowest BCUT2D eigenvalue weighted by Crippen LogP contribution is -2.38. The fourth-order valence-electron chi connectivity index (χ4n) is 2.95. The molecular weight excluding hydrogens is 401 g/mol. The number of piperidine rings is 1. The van der Waals surface area contributed by atoms with Gasteiger partial charge in [-0.05, 0) is 49.3 Å². The van der Waals surface area contributed by atoms with Crippen LogP contribution in [0.4, 0.5) is 5.82 Å². The number of aromatic nitrogens is 1. The lowest BCUT2D eigenvalue weighted by Gasteiger charge is -2.28. The van der Waals surface area contributed by atoms with Crippen LogP contribution in [0.15, 0.2) is 23.3 Å². The molecule has 3 rings (SSSR count). The number of guanidine groups is 1. The summed E-state index contributed by atoms with van der Waals surface area (Å²) in [6.07, 6.45) is 7.06. The van der Waals surface area contributed by atoms with E-state index >= 15 is 0 Å². The van der Waals surface area contributed by atoms with E-state index in [-0.39, 0.29) is 24.0 Å². The molecule has 0 spiro atoms. The minimum absolute atomic E-state index is 0. The van der Waals surface area contributed by atoms with Crippen LogP contribution >= 0.6 is 24.0 Å².